The van der Waals surface area contributed by atoms with Crippen molar-refractivity contribution in [2.24, 2.45) is 5.14 Å². The second-order valence-corrected chi connectivity index (χ2v) is 9.65. The summed E-state index contributed by atoms with van der Waals surface area (Å²) in [7, 11) is -2.05. The van der Waals surface area contributed by atoms with Crippen LogP contribution in [0.2, 0.25) is 0 Å². The predicted molar refractivity (Wildman–Crippen MR) is 105 cm³/mol. The van der Waals surface area contributed by atoms with Crippen LogP contribution in [0.25, 0.3) is 11.1 Å². The molecule has 1 amide bonds. The Hall–Kier alpha value is -2.32. The highest BCUT2D eigenvalue weighted by Crippen LogP contribution is 2.53. The Morgan fingerprint density at radius 3 is 2.57 bits per heavy atom. The standard InChI is InChI=1S/C20H22FN3O3S/c1-12(28(22,26)27)20(5-6-20)15-7-14(10-23-11-15)16-8-13-3-4-19(25)24(2)18(13)9-17(16)21/h7-12H,3-6H2,1-2H3,(H2,22,26,27). The topological polar surface area (TPSA) is 93.4 Å². The van der Waals surface area contributed by atoms with E-state index in [1.165, 1.54) is 11.0 Å². The summed E-state index contributed by atoms with van der Waals surface area (Å²) in [6.07, 6.45) is 5.57. The summed E-state index contributed by atoms with van der Waals surface area (Å²) in [6, 6.07) is 4.95. The first-order valence-corrected chi connectivity index (χ1v) is 10.8. The summed E-state index contributed by atoms with van der Waals surface area (Å²) in [5.41, 5.74) is 2.68. The zero-order chi connectivity index (χ0) is 20.3. The van der Waals surface area contributed by atoms with E-state index in [1.807, 2.05) is 6.07 Å². The van der Waals surface area contributed by atoms with E-state index < -0.39 is 26.5 Å². The number of amides is 1. The molecule has 8 heteroatoms. The number of anilines is 1. The number of aryl methyl sites for hydroxylation is 1. The van der Waals surface area contributed by atoms with Gasteiger partial charge in [0.2, 0.25) is 15.9 Å². The lowest BCUT2D eigenvalue weighted by molar-refractivity contribution is -0.118. The molecule has 2 aliphatic rings. The highest BCUT2D eigenvalue weighted by molar-refractivity contribution is 7.89. The molecule has 1 fully saturated rings. The largest absolute Gasteiger partial charge is 0.315 e. The molecule has 1 aromatic heterocycles. The average molecular weight is 403 g/mol. The van der Waals surface area contributed by atoms with Gasteiger partial charge in [-0.25, -0.2) is 17.9 Å². The monoisotopic (exact) mass is 403 g/mol. The van der Waals surface area contributed by atoms with Gasteiger partial charge in [-0.1, -0.05) is 0 Å². The number of carbonyl (C=O) groups is 1. The van der Waals surface area contributed by atoms with Crippen LogP contribution in [-0.2, 0) is 26.7 Å². The fraction of sp³-hybridized carbons (Fsp3) is 0.400. The van der Waals surface area contributed by atoms with Gasteiger partial charge in [-0.05, 0) is 55.5 Å². The second-order valence-electron chi connectivity index (χ2n) is 7.76. The number of nitrogens with two attached hydrogens (primary N) is 1. The predicted octanol–water partition coefficient (Wildman–Crippen LogP) is 2.51. The molecule has 2 aromatic rings. The number of nitrogens with zero attached hydrogens (tertiary/aromatic N) is 2. The Balaban J connectivity index is 1.76. The molecule has 0 spiro atoms. The van der Waals surface area contributed by atoms with Crippen molar-refractivity contribution in [1.82, 2.24) is 4.98 Å². The first-order chi connectivity index (χ1) is 13.1. The Kier molecular flexibility index (Phi) is 4.31. The molecule has 1 atom stereocenters. The molecule has 0 radical (unpaired) electrons. The maximum atomic E-state index is 14.9. The number of benzene rings is 1. The van der Waals surface area contributed by atoms with Gasteiger partial charge < -0.3 is 4.90 Å². The van der Waals surface area contributed by atoms with Crippen LogP contribution >= 0.6 is 0 Å². The first-order valence-electron chi connectivity index (χ1n) is 9.20. The second kappa shape index (κ2) is 6.35. The van der Waals surface area contributed by atoms with Crippen LogP contribution in [0.5, 0.6) is 0 Å². The smallest absolute Gasteiger partial charge is 0.227 e. The number of fused-ring (bicyclic) bond motifs is 1. The molecular formula is C20H22FN3O3S. The molecule has 0 bridgehead atoms. The van der Waals surface area contributed by atoms with Crippen molar-refractivity contribution in [2.75, 3.05) is 11.9 Å². The Morgan fingerprint density at radius 1 is 1.21 bits per heavy atom. The highest BCUT2D eigenvalue weighted by Gasteiger charge is 2.53. The number of rotatable bonds is 4. The normalized spacial score (nSPS) is 19.3. The molecule has 1 aromatic carbocycles. The summed E-state index contributed by atoms with van der Waals surface area (Å²) in [4.78, 5) is 17.6. The van der Waals surface area contributed by atoms with E-state index >= 15 is 0 Å². The van der Waals surface area contributed by atoms with Gasteiger partial charge in [-0.3, -0.25) is 9.78 Å². The quantitative estimate of drug-likeness (QED) is 0.849. The van der Waals surface area contributed by atoms with Gasteiger partial charge in [-0.15, -0.1) is 0 Å². The van der Waals surface area contributed by atoms with Crippen molar-refractivity contribution in [3.05, 3.63) is 47.5 Å². The first kappa shape index (κ1) is 19.0. The zero-order valence-electron chi connectivity index (χ0n) is 15.8. The minimum Gasteiger partial charge on any atom is -0.315 e. The van der Waals surface area contributed by atoms with Crippen LogP contribution in [0.15, 0.2) is 30.6 Å². The third kappa shape index (κ3) is 3.00. The van der Waals surface area contributed by atoms with Gasteiger partial charge in [0.05, 0.1) is 5.25 Å². The van der Waals surface area contributed by atoms with Crippen molar-refractivity contribution < 1.29 is 17.6 Å². The van der Waals surface area contributed by atoms with E-state index in [-0.39, 0.29) is 5.91 Å². The van der Waals surface area contributed by atoms with E-state index in [2.05, 4.69) is 4.98 Å². The van der Waals surface area contributed by atoms with E-state index in [9.17, 15) is 17.6 Å². The molecule has 1 unspecified atom stereocenters. The maximum Gasteiger partial charge on any atom is 0.227 e. The van der Waals surface area contributed by atoms with Crippen LogP contribution in [-0.4, -0.2) is 31.6 Å². The minimum atomic E-state index is -3.69. The van der Waals surface area contributed by atoms with E-state index in [0.29, 0.717) is 42.5 Å². The summed E-state index contributed by atoms with van der Waals surface area (Å²) in [5.74, 6) is -0.473. The number of pyridine rings is 1. The summed E-state index contributed by atoms with van der Waals surface area (Å²) in [6.45, 7) is 1.61. The SMILES string of the molecule is CC(C1(c2cncc(-c3cc4c(cc3F)N(C)C(=O)CC4)c2)CC1)S(N)(=O)=O. The lowest BCUT2D eigenvalue weighted by atomic mass is 9.91. The fourth-order valence-electron chi connectivity index (χ4n) is 4.12. The maximum absolute atomic E-state index is 14.9. The number of carbonyl (C=O) groups excluding carboxylic acids is 1. The molecular weight excluding hydrogens is 381 g/mol. The van der Waals surface area contributed by atoms with Crippen molar-refractivity contribution in [1.29, 1.82) is 0 Å². The molecule has 0 saturated heterocycles. The van der Waals surface area contributed by atoms with Crippen LogP contribution in [0.4, 0.5) is 10.1 Å². The van der Waals surface area contributed by atoms with Gasteiger partial charge in [0.1, 0.15) is 5.82 Å². The van der Waals surface area contributed by atoms with Gasteiger partial charge in [0, 0.05) is 48.1 Å². The molecule has 2 N–H and O–H groups in total. The van der Waals surface area contributed by atoms with Crippen LogP contribution < -0.4 is 10.0 Å². The van der Waals surface area contributed by atoms with Crippen molar-refractivity contribution >= 4 is 21.6 Å². The van der Waals surface area contributed by atoms with Crippen LogP contribution in [0.1, 0.15) is 37.3 Å². The van der Waals surface area contributed by atoms with E-state index in [1.54, 1.807) is 32.4 Å². The molecule has 6 nitrogen and oxygen atoms in total. The number of hydrogen-bond donors (Lipinski definition) is 1. The number of hydrogen-bond acceptors (Lipinski definition) is 4. The molecule has 148 valence electrons. The van der Waals surface area contributed by atoms with Crippen molar-refractivity contribution in [3.63, 3.8) is 0 Å². The number of primary sulfonamides is 1. The molecule has 2 heterocycles. The van der Waals surface area contributed by atoms with Crippen LogP contribution in [0, 0.1) is 5.82 Å². The van der Waals surface area contributed by atoms with Crippen LogP contribution in [0.3, 0.4) is 0 Å². The number of sulfonamides is 1. The van der Waals surface area contributed by atoms with Gasteiger partial charge in [-0.2, -0.15) is 0 Å². The summed E-state index contributed by atoms with van der Waals surface area (Å²) >= 11 is 0. The Labute approximate surface area is 163 Å². The Bertz CT molecular complexity index is 1080. The molecule has 28 heavy (non-hydrogen) atoms. The van der Waals surface area contributed by atoms with E-state index in [0.717, 1.165) is 11.1 Å². The highest BCUT2D eigenvalue weighted by atomic mass is 32.2. The van der Waals surface area contributed by atoms with Gasteiger partial charge in [0.25, 0.3) is 0 Å². The third-order valence-corrected chi connectivity index (χ3v) is 7.63. The number of halogens is 1. The van der Waals surface area contributed by atoms with Crippen molar-refractivity contribution in [3.8, 4) is 11.1 Å². The molecule has 1 saturated carbocycles. The summed E-state index contributed by atoms with van der Waals surface area (Å²) in [5, 5.41) is 4.64. The fourth-order valence-corrected chi connectivity index (χ4v) is 5.12. The molecule has 1 aliphatic carbocycles. The van der Waals surface area contributed by atoms with E-state index in [4.69, 9.17) is 5.14 Å². The molecule has 1 aliphatic heterocycles. The Morgan fingerprint density at radius 2 is 1.93 bits per heavy atom. The summed E-state index contributed by atoms with van der Waals surface area (Å²) < 4.78 is 38.6. The average Bonchev–Trinajstić information content (AvgIpc) is 3.45. The lowest BCUT2D eigenvalue weighted by Gasteiger charge is -2.26. The zero-order valence-corrected chi connectivity index (χ0v) is 16.6. The van der Waals surface area contributed by atoms with Gasteiger partial charge in [0.15, 0.2) is 0 Å². The minimum absolute atomic E-state index is 0.0315. The third-order valence-electron chi connectivity index (χ3n) is 6.20. The van der Waals surface area contributed by atoms with Crippen molar-refractivity contribution in [2.45, 2.75) is 43.3 Å². The number of aromatic nitrogens is 1. The lowest BCUT2D eigenvalue weighted by Crippen LogP contribution is -2.36. The molecule has 4 rings (SSSR count). The van der Waals surface area contributed by atoms with Gasteiger partial charge >= 0.3 is 0 Å².